The molecule has 0 saturated heterocycles. The maximum atomic E-state index is 6.16. The van der Waals surface area contributed by atoms with Crippen LogP contribution in [0.25, 0.3) is 5.69 Å². The Bertz CT molecular complexity index is 963. The Hall–Kier alpha value is -2.46. The van der Waals surface area contributed by atoms with E-state index in [-0.39, 0.29) is 0 Å². The number of hydrogen-bond donors (Lipinski definition) is 1. The molecule has 3 aromatic rings. The third kappa shape index (κ3) is 3.88. The van der Waals surface area contributed by atoms with Gasteiger partial charge in [0.15, 0.2) is 0 Å². The van der Waals surface area contributed by atoms with Crippen molar-refractivity contribution in [3.05, 3.63) is 69.9 Å². The first-order valence-electron chi connectivity index (χ1n) is 9.90. The van der Waals surface area contributed by atoms with E-state index in [4.69, 9.17) is 21.4 Å². The fraction of sp³-hybridized carbons (Fsp3) is 0.348. The van der Waals surface area contributed by atoms with Gasteiger partial charge < -0.3 is 10.1 Å². The lowest BCUT2D eigenvalue weighted by molar-refractivity contribution is 0.414. The van der Waals surface area contributed by atoms with Gasteiger partial charge in [0.2, 0.25) is 0 Å². The van der Waals surface area contributed by atoms with Crippen molar-refractivity contribution in [2.75, 3.05) is 19.0 Å². The molecule has 0 spiro atoms. The average Bonchev–Trinajstić information content (AvgIpc) is 2.87. The summed E-state index contributed by atoms with van der Waals surface area (Å²) < 4.78 is 7.34. The maximum absolute atomic E-state index is 6.16. The number of nitrogens with one attached hydrogen (secondary N) is 1. The molecule has 4 rings (SSSR count). The van der Waals surface area contributed by atoms with Gasteiger partial charge in [0.05, 0.1) is 18.5 Å². The number of aryl methyl sites for hydroxylation is 3. The maximum Gasteiger partial charge on any atom is 0.133 e. The topological polar surface area (TPSA) is 39.1 Å². The molecule has 1 aliphatic rings. The predicted molar refractivity (Wildman–Crippen MR) is 115 cm³/mol. The van der Waals surface area contributed by atoms with Gasteiger partial charge in [0.1, 0.15) is 11.6 Å². The van der Waals surface area contributed by atoms with E-state index in [1.807, 2.05) is 24.3 Å². The molecule has 0 radical (unpaired) electrons. The number of halogens is 1. The van der Waals surface area contributed by atoms with Gasteiger partial charge >= 0.3 is 0 Å². The van der Waals surface area contributed by atoms with Crippen molar-refractivity contribution in [2.24, 2.45) is 0 Å². The first kappa shape index (κ1) is 18.9. The fourth-order valence-corrected chi connectivity index (χ4v) is 4.09. The quantitative estimate of drug-likeness (QED) is 0.630. The SMILES string of the molecule is COc1ccc(CCc2nn(-c3ccc(Cl)cc3C)c3c2CCCCN3)cc1. The number of anilines is 1. The van der Waals surface area contributed by atoms with E-state index in [1.165, 1.54) is 29.7 Å². The smallest absolute Gasteiger partial charge is 0.133 e. The minimum atomic E-state index is 0.757. The van der Waals surface area contributed by atoms with Crippen LogP contribution < -0.4 is 10.1 Å². The summed E-state index contributed by atoms with van der Waals surface area (Å²) in [7, 11) is 1.70. The Morgan fingerprint density at radius 3 is 2.68 bits per heavy atom. The summed E-state index contributed by atoms with van der Waals surface area (Å²) >= 11 is 6.16. The predicted octanol–water partition coefficient (Wildman–Crippen LogP) is 5.38. The molecular weight excluding hydrogens is 370 g/mol. The third-order valence-electron chi connectivity index (χ3n) is 5.41. The number of ether oxygens (including phenoxy) is 1. The highest BCUT2D eigenvalue weighted by Crippen LogP contribution is 2.30. The number of fused-ring (bicyclic) bond motifs is 1. The molecule has 1 N–H and O–H groups in total. The molecule has 2 aromatic carbocycles. The second-order valence-electron chi connectivity index (χ2n) is 7.35. The molecule has 28 heavy (non-hydrogen) atoms. The van der Waals surface area contributed by atoms with Crippen LogP contribution in [-0.4, -0.2) is 23.4 Å². The molecule has 4 nitrogen and oxygen atoms in total. The van der Waals surface area contributed by atoms with Gasteiger partial charge in [-0.25, -0.2) is 4.68 Å². The van der Waals surface area contributed by atoms with E-state index in [1.54, 1.807) is 7.11 Å². The van der Waals surface area contributed by atoms with E-state index < -0.39 is 0 Å². The second-order valence-corrected chi connectivity index (χ2v) is 7.78. The van der Waals surface area contributed by atoms with Gasteiger partial charge in [-0.2, -0.15) is 5.10 Å². The van der Waals surface area contributed by atoms with Gasteiger partial charge in [-0.1, -0.05) is 23.7 Å². The Balaban J connectivity index is 1.66. The van der Waals surface area contributed by atoms with E-state index >= 15 is 0 Å². The number of aromatic nitrogens is 2. The van der Waals surface area contributed by atoms with Crippen LogP contribution in [0, 0.1) is 6.92 Å². The number of benzene rings is 2. The summed E-state index contributed by atoms with van der Waals surface area (Å²) in [5, 5.41) is 9.40. The fourth-order valence-electron chi connectivity index (χ4n) is 3.86. The summed E-state index contributed by atoms with van der Waals surface area (Å²) in [6, 6.07) is 14.3. The number of nitrogens with zero attached hydrogens (tertiary/aromatic N) is 2. The number of hydrogen-bond acceptors (Lipinski definition) is 3. The average molecular weight is 396 g/mol. The zero-order valence-corrected chi connectivity index (χ0v) is 17.2. The highest BCUT2D eigenvalue weighted by atomic mass is 35.5. The van der Waals surface area contributed by atoms with Gasteiger partial charge in [0, 0.05) is 17.1 Å². The van der Waals surface area contributed by atoms with Crippen molar-refractivity contribution < 1.29 is 4.74 Å². The van der Waals surface area contributed by atoms with Crippen molar-refractivity contribution in [3.8, 4) is 11.4 Å². The van der Waals surface area contributed by atoms with Crippen molar-refractivity contribution in [1.82, 2.24) is 9.78 Å². The summed E-state index contributed by atoms with van der Waals surface area (Å²) in [6.45, 7) is 3.08. The van der Waals surface area contributed by atoms with Crippen LogP contribution in [0.2, 0.25) is 5.02 Å². The Kier molecular flexibility index (Phi) is 5.58. The van der Waals surface area contributed by atoms with Crippen LogP contribution in [0.4, 0.5) is 5.82 Å². The highest BCUT2D eigenvalue weighted by Gasteiger charge is 2.21. The molecule has 0 amide bonds. The molecule has 0 bridgehead atoms. The molecule has 0 aliphatic carbocycles. The van der Waals surface area contributed by atoms with Gasteiger partial charge in [-0.15, -0.1) is 0 Å². The van der Waals surface area contributed by atoms with E-state index in [9.17, 15) is 0 Å². The Labute approximate surface area is 171 Å². The molecule has 2 heterocycles. The van der Waals surface area contributed by atoms with Crippen molar-refractivity contribution in [3.63, 3.8) is 0 Å². The van der Waals surface area contributed by atoms with Gasteiger partial charge in [-0.3, -0.25) is 0 Å². The van der Waals surface area contributed by atoms with Gasteiger partial charge in [-0.05, 0) is 80.5 Å². The minimum absolute atomic E-state index is 0.757. The van der Waals surface area contributed by atoms with Crippen LogP contribution >= 0.6 is 11.6 Å². The summed E-state index contributed by atoms with van der Waals surface area (Å²) in [6.07, 6.45) is 5.35. The van der Waals surface area contributed by atoms with Crippen molar-refractivity contribution in [2.45, 2.75) is 39.0 Å². The molecule has 0 atom stereocenters. The molecule has 5 heteroatoms. The molecule has 1 aromatic heterocycles. The van der Waals surface area contributed by atoms with Crippen LogP contribution in [0.5, 0.6) is 5.75 Å². The van der Waals surface area contributed by atoms with Crippen LogP contribution in [-0.2, 0) is 19.3 Å². The third-order valence-corrected chi connectivity index (χ3v) is 5.64. The molecule has 146 valence electrons. The van der Waals surface area contributed by atoms with Gasteiger partial charge in [0.25, 0.3) is 0 Å². The van der Waals surface area contributed by atoms with Crippen molar-refractivity contribution >= 4 is 17.4 Å². The van der Waals surface area contributed by atoms with E-state index in [2.05, 4.69) is 35.1 Å². The number of methoxy groups -OCH3 is 1. The van der Waals surface area contributed by atoms with Crippen LogP contribution in [0.1, 0.15) is 35.2 Å². The lowest BCUT2D eigenvalue weighted by atomic mass is 10.0. The second kappa shape index (κ2) is 8.27. The van der Waals surface area contributed by atoms with Crippen molar-refractivity contribution in [1.29, 1.82) is 0 Å². The Morgan fingerprint density at radius 1 is 1.11 bits per heavy atom. The first-order chi connectivity index (χ1) is 13.7. The molecular formula is C23H26ClN3O. The molecule has 0 fully saturated rings. The highest BCUT2D eigenvalue weighted by molar-refractivity contribution is 6.30. The van der Waals surface area contributed by atoms with E-state index in [0.717, 1.165) is 53.6 Å². The largest absolute Gasteiger partial charge is 0.497 e. The standard InChI is InChI=1S/C23H26ClN3O/c1-16-15-18(24)9-13-22(16)27-23-20(5-3-4-14-25-23)21(26-27)12-8-17-6-10-19(28-2)11-7-17/h6-7,9-11,13,15,25H,3-5,8,12,14H2,1-2H3. The Morgan fingerprint density at radius 2 is 1.93 bits per heavy atom. The van der Waals surface area contributed by atoms with Crippen LogP contribution in [0.15, 0.2) is 42.5 Å². The summed E-state index contributed by atoms with van der Waals surface area (Å²) in [5.41, 5.74) is 6.07. The molecule has 1 aliphatic heterocycles. The first-order valence-corrected chi connectivity index (χ1v) is 10.3. The van der Waals surface area contributed by atoms with Crippen LogP contribution in [0.3, 0.4) is 0 Å². The zero-order chi connectivity index (χ0) is 19.5. The monoisotopic (exact) mass is 395 g/mol. The summed E-state index contributed by atoms with van der Waals surface area (Å²) in [5.74, 6) is 2.04. The lowest BCUT2D eigenvalue weighted by Crippen LogP contribution is -2.08. The molecule has 0 unspecified atom stereocenters. The molecule has 0 saturated carbocycles. The summed E-state index contributed by atoms with van der Waals surface area (Å²) in [4.78, 5) is 0. The normalized spacial score (nSPS) is 13.5. The number of rotatable bonds is 5. The minimum Gasteiger partial charge on any atom is -0.497 e. The lowest BCUT2D eigenvalue weighted by Gasteiger charge is -2.11. The zero-order valence-electron chi connectivity index (χ0n) is 16.5. The van der Waals surface area contributed by atoms with E-state index in [0.29, 0.717) is 0 Å².